The Morgan fingerprint density at radius 1 is 1.27 bits per heavy atom. The Morgan fingerprint density at radius 3 is 2.65 bits per heavy atom. The number of esters is 1. The largest absolute Gasteiger partial charge is 0.449 e. The minimum atomic E-state index is -0.986. The molecule has 3 rings (SSSR count). The zero-order chi connectivity index (χ0) is 18.5. The average Bonchev–Trinajstić information content (AvgIpc) is 3.35. The molecule has 0 aliphatic heterocycles. The highest BCUT2D eigenvalue weighted by Gasteiger charge is 2.23. The highest BCUT2D eigenvalue weighted by Crippen LogP contribution is 2.26. The van der Waals surface area contributed by atoms with Gasteiger partial charge in [0.2, 0.25) is 5.88 Å². The van der Waals surface area contributed by atoms with E-state index in [2.05, 4.69) is 10.5 Å². The van der Waals surface area contributed by atoms with Crippen LogP contribution in [0.5, 0.6) is 0 Å². The molecule has 0 radical (unpaired) electrons. The lowest BCUT2D eigenvalue weighted by atomic mass is 10.2. The Bertz CT molecular complexity index is 911. The summed E-state index contributed by atoms with van der Waals surface area (Å²) in [6.45, 7) is 3.25. The third kappa shape index (κ3) is 4.47. The van der Waals surface area contributed by atoms with E-state index in [4.69, 9.17) is 9.26 Å². The Kier molecular flexibility index (Phi) is 5.65. The molecule has 3 aromatic heterocycles. The van der Waals surface area contributed by atoms with E-state index >= 15 is 0 Å². The zero-order valence-corrected chi connectivity index (χ0v) is 15.7. The number of carbonyl (C=O) groups excluding carboxylic acids is 2. The minimum Gasteiger partial charge on any atom is -0.449 e. The number of hydrogen-bond donors (Lipinski definition) is 1. The number of thiophene rings is 2. The SMILES string of the molecule is Cc1cc(NC(=O)C(C)OC(=O)/C(=C/c2cccs2)c2cccs2)on1. The standard InChI is InChI=1S/C18H16N2O4S2/c1-11-9-16(24-20-11)19-17(21)12(2)23-18(22)14(15-6-4-8-26-15)10-13-5-3-7-25-13/h3-10,12H,1-2H3,(H,19,21)/b14-10+. The van der Waals surface area contributed by atoms with E-state index in [9.17, 15) is 9.59 Å². The maximum atomic E-state index is 12.6. The number of rotatable bonds is 6. The topological polar surface area (TPSA) is 81.4 Å². The van der Waals surface area contributed by atoms with Crippen molar-refractivity contribution in [2.24, 2.45) is 0 Å². The maximum Gasteiger partial charge on any atom is 0.340 e. The van der Waals surface area contributed by atoms with Crippen molar-refractivity contribution in [3.05, 3.63) is 56.5 Å². The van der Waals surface area contributed by atoms with Gasteiger partial charge in [-0.3, -0.25) is 10.1 Å². The van der Waals surface area contributed by atoms with Crippen LogP contribution in [-0.4, -0.2) is 23.1 Å². The van der Waals surface area contributed by atoms with Crippen molar-refractivity contribution in [2.75, 3.05) is 5.32 Å². The van der Waals surface area contributed by atoms with E-state index in [1.807, 2.05) is 35.0 Å². The Hall–Kier alpha value is -2.71. The summed E-state index contributed by atoms with van der Waals surface area (Å²) in [6, 6.07) is 9.10. The number of amides is 1. The molecule has 0 fully saturated rings. The van der Waals surface area contributed by atoms with Gasteiger partial charge in [-0.2, -0.15) is 0 Å². The maximum absolute atomic E-state index is 12.6. The van der Waals surface area contributed by atoms with Gasteiger partial charge in [0.15, 0.2) is 6.10 Å². The predicted octanol–water partition coefficient (Wildman–Crippen LogP) is 4.22. The summed E-state index contributed by atoms with van der Waals surface area (Å²) in [7, 11) is 0. The number of anilines is 1. The first kappa shape index (κ1) is 18.1. The number of aryl methyl sites for hydroxylation is 1. The zero-order valence-electron chi connectivity index (χ0n) is 14.1. The monoisotopic (exact) mass is 388 g/mol. The number of nitrogens with zero attached hydrogens (tertiary/aromatic N) is 1. The Labute approximate surface area is 158 Å². The van der Waals surface area contributed by atoms with Crippen LogP contribution in [0.15, 0.2) is 45.6 Å². The Morgan fingerprint density at radius 2 is 2.04 bits per heavy atom. The molecule has 1 atom stereocenters. The van der Waals surface area contributed by atoms with E-state index in [-0.39, 0.29) is 5.88 Å². The fraction of sp³-hybridized carbons (Fsp3) is 0.167. The summed E-state index contributed by atoms with van der Waals surface area (Å²) in [5.74, 6) is -0.837. The molecule has 6 nitrogen and oxygen atoms in total. The van der Waals surface area contributed by atoms with E-state index in [1.165, 1.54) is 29.6 Å². The van der Waals surface area contributed by atoms with Crippen molar-refractivity contribution < 1.29 is 18.8 Å². The predicted molar refractivity (Wildman–Crippen MR) is 102 cm³/mol. The quantitative estimate of drug-likeness (QED) is 0.505. The highest BCUT2D eigenvalue weighted by atomic mass is 32.1. The molecule has 0 spiro atoms. The molecule has 3 heterocycles. The molecular formula is C18H16N2O4S2. The molecule has 8 heteroatoms. The number of aromatic nitrogens is 1. The first-order valence-corrected chi connectivity index (χ1v) is 9.53. The number of nitrogens with one attached hydrogen (secondary N) is 1. The average molecular weight is 388 g/mol. The van der Waals surface area contributed by atoms with Crippen LogP contribution < -0.4 is 5.32 Å². The van der Waals surface area contributed by atoms with Gasteiger partial charge in [0.1, 0.15) is 0 Å². The molecule has 134 valence electrons. The summed E-state index contributed by atoms with van der Waals surface area (Å²) >= 11 is 2.95. The van der Waals surface area contributed by atoms with Crippen molar-refractivity contribution in [2.45, 2.75) is 20.0 Å². The molecule has 0 aliphatic rings. The van der Waals surface area contributed by atoms with Crippen LogP contribution >= 0.6 is 22.7 Å². The molecule has 26 heavy (non-hydrogen) atoms. The molecule has 0 saturated carbocycles. The number of ether oxygens (including phenoxy) is 1. The third-order valence-corrected chi connectivity index (χ3v) is 5.09. The van der Waals surface area contributed by atoms with Crippen LogP contribution in [0.3, 0.4) is 0 Å². The molecule has 1 amide bonds. The molecule has 1 unspecified atom stereocenters. The first-order chi connectivity index (χ1) is 12.5. The van der Waals surface area contributed by atoms with Crippen LogP contribution in [0.1, 0.15) is 22.4 Å². The number of hydrogen-bond acceptors (Lipinski definition) is 7. The second kappa shape index (κ2) is 8.11. The lowest BCUT2D eigenvalue weighted by Gasteiger charge is -2.13. The third-order valence-electron chi connectivity index (χ3n) is 3.36. The van der Waals surface area contributed by atoms with Crippen molar-refractivity contribution in [3.8, 4) is 0 Å². The summed E-state index contributed by atoms with van der Waals surface area (Å²) in [5.41, 5.74) is 1.06. The normalized spacial score (nSPS) is 12.6. The van der Waals surface area contributed by atoms with Gasteiger partial charge in [-0.15, -0.1) is 22.7 Å². The van der Waals surface area contributed by atoms with E-state index in [1.54, 1.807) is 19.1 Å². The second-order valence-electron chi connectivity index (χ2n) is 5.42. The molecular weight excluding hydrogens is 372 g/mol. The van der Waals surface area contributed by atoms with Gasteiger partial charge >= 0.3 is 5.97 Å². The summed E-state index contributed by atoms with van der Waals surface area (Å²) in [4.78, 5) is 26.5. The molecule has 0 bridgehead atoms. The van der Waals surface area contributed by atoms with E-state index < -0.39 is 18.0 Å². The van der Waals surface area contributed by atoms with Crippen LogP contribution in [0.25, 0.3) is 11.6 Å². The summed E-state index contributed by atoms with van der Waals surface area (Å²) < 4.78 is 10.3. The van der Waals surface area contributed by atoms with Crippen molar-refractivity contribution in [3.63, 3.8) is 0 Å². The first-order valence-electron chi connectivity index (χ1n) is 7.77. The van der Waals surface area contributed by atoms with Gasteiger partial charge in [-0.25, -0.2) is 4.79 Å². The van der Waals surface area contributed by atoms with Crippen molar-refractivity contribution in [1.29, 1.82) is 0 Å². The lowest BCUT2D eigenvalue weighted by molar-refractivity contribution is -0.147. The second-order valence-corrected chi connectivity index (χ2v) is 7.35. The van der Waals surface area contributed by atoms with Gasteiger partial charge in [-0.1, -0.05) is 17.3 Å². The van der Waals surface area contributed by atoms with Gasteiger partial charge < -0.3 is 9.26 Å². The summed E-state index contributed by atoms with van der Waals surface area (Å²) in [6.07, 6.45) is 0.781. The van der Waals surface area contributed by atoms with Crippen LogP contribution in [0.2, 0.25) is 0 Å². The van der Waals surface area contributed by atoms with Gasteiger partial charge in [0.05, 0.1) is 11.3 Å². The molecule has 0 saturated heterocycles. The van der Waals surface area contributed by atoms with Gasteiger partial charge in [0.25, 0.3) is 5.91 Å². The summed E-state index contributed by atoms with van der Waals surface area (Å²) in [5, 5.41) is 10.0. The van der Waals surface area contributed by atoms with Crippen molar-refractivity contribution >= 4 is 52.1 Å². The molecule has 3 aromatic rings. The van der Waals surface area contributed by atoms with Crippen LogP contribution in [-0.2, 0) is 14.3 Å². The lowest BCUT2D eigenvalue weighted by Crippen LogP contribution is -2.30. The number of carbonyl (C=O) groups is 2. The van der Waals surface area contributed by atoms with Crippen LogP contribution in [0.4, 0.5) is 5.88 Å². The molecule has 1 N–H and O–H groups in total. The Balaban J connectivity index is 1.72. The minimum absolute atomic E-state index is 0.211. The van der Waals surface area contributed by atoms with Crippen LogP contribution in [0, 0.1) is 6.92 Å². The molecule has 0 aliphatic carbocycles. The smallest absolute Gasteiger partial charge is 0.340 e. The fourth-order valence-corrected chi connectivity index (χ4v) is 3.49. The van der Waals surface area contributed by atoms with Gasteiger partial charge in [0, 0.05) is 15.8 Å². The highest BCUT2D eigenvalue weighted by molar-refractivity contribution is 7.12. The van der Waals surface area contributed by atoms with E-state index in [0.29, 0.717) is 11.3 Å². The fourth-order valence-electron chi connectivity index (χ4n) is 2.10. The van der Waals surface area contributed by atoms with Gasteiger partial charge in [-0.05, 0) is 42.8 Å². The van der Waals surface area contributed by atoms with Crippen molar-refractivity contribution in [1.82, 2.24) is 5.16 Å². The van der Waals surface area contributed by atoms with E-state index in [0.717, 1.165) is 9.75 Å². The molecule has 0 aromatic carbocycles.